The van der Waals surface area contributed by atoms with Crippen LogP contribution in [0.3, 0.4) is 0 Å². The van der Waals surface area contributed by atoms with Gasteiger partial charge in [0.05, 0.1) is 18.8 Å². The summed E-state index contributed by atoms with van der Waals surface area (Å²) in [6.07, 6.45) is 3.95. The maximum atomic E-state index is 5.32. The number of halogens is 1. The molecule has 0 saturated carbocycles. The summed E-state index contributed by atoms with van der Waals surface area (Å²) in [4.78, 5) is 0. The van der Waals surface area contributed by atoms with Crippen LogP contribution in [0.1, 0.15) is 30.6 Å². The molecule has 0 amide bonds. The zero-order valence-electron chi connectivity index (χ0n) is 12.8. The lowest BCUT2D eigenvalue weighted by Gasteiger charge is -2.18. The van der Waals surface area contributed by atoms with Crippen LogP contribution in [0.15, 0.2) is 34.9 Å². The lowest BCUT2D eigenvalue weighted by atomic mass is 10.0. The zero-order valence-corrected chi connectivity index (χ0v) is 14.4. The first-order chi connectivity index (χ1) is 10.1. The first-order valence-corrected chi connectivity index (χ1v) is 7.98. The number of aromatic nitrogens is 2. The van der Waals surface area contributed by atoms with E-state index in [-0.39, 0.29) is 6.04 Å². The number of benzene rings is 1. The fourth-order valence-electron chi connectivity index (χ4n) is 2.27. The van der Waals surface area contributed by atoms with Crippen molar-refractivity contribution >= 4 is 15.9 Å². The largest absolute Gasteiger partial charge is 0.497 e. The number of hydrogen-bond acceptors (Lipinski definition) is 3. The van der Waals surface area contributed by atoms with Crippen molar-refractivity contribution < 1.29 is 4.74 Å². The molecule has 1 aromatic carbocycles. The molecule has 2 aromatic rings. The summed E-state index contributed by atoms with van der Waals surface area (Å²) in [5, 5.41) is 8.11. The van der Waals surface area contributed by atoms with E-state index in [1.807, 2.05) is 30.1 Å². The van der Waals surface area contributed by atoms with Gasteiger partial charge in [-0.3, -0.25) is 4.68 Å². The van der Waals surface area contributed by atoms with Crippen LogP contribution in [0.25, 0.3) is 0 Å². The number of aryl methyl sites for hydroxylation is 1. The molecule has 0 aliphatic rings. The summed E-state index contributed by atoms with van der Waals surface area (Å²) in [5.74, 6) is 0.878. The van der Waals surface area contributed by atoms with Crippen LogP contribution in [-0.4, -0.2) is 23.4 Å². The van der Waals surface area contributed by atoms with E-state index in [9.17, 15) is 0 Å². The summed E-state index contributed by atoms with van der Waals surface area (Å²) in [5.41, 5.74) is 2.29. The van der Waals surface area contributed by atoms with Crippen LogP contribution >= 0.6 is 15.9 Å². The first kappa shape index (κ1) is 16.0. The number of methoxy groups -OCH3 is 1. The van der Waals surface area contributed by atoms with Gasteiger partial charge in [-0.15, -0.1) is 0 Å². The van der Waals surface area contributed by atoms with Gasteiger partial charge in [0.2, 0.25) is 0 Å². The lowest BCUT2D eigenvalue weighted by Crippen LogP contribution is -2.24. The Bertz CT molecular complexity index is 583. The fraction of sp³-hybridized carbons (Fsp3) is 0.438. The second kappa shape index (κ2) is 7.61. The van der Waals surface area contributed by atoms with Crippen molar-refractivity contribution in [3.05, 3.63) is 46.2 Å². The monoisotopic (exact) mass is 351 g/mol. The molecule has 1 unspecified atom stereocenters. The number of nitrogens with zero attached hydrogens (tertiary/aromatic N) is 2. The highest BCUT2D eigenvalue weighted by Crippen LogP contribution is 2.27. The molecule has 0 bridgehead atoms. The molecule has 2 rings (SSSR count). The van der Waals surface area contributed by atoms with Gasteiger partial charge in [0.1, 0.15) is 5.75 Å². The molecular formula is C16H22BrN3O. The normalized spacial score (nSPS) is 12.4. The van der Waals surface area contributed by atoms with E-state index in [4.69, 9.17) is 4.74 Å². The van der Waals surface area contributed by atoms with Gasteiger partial charge in [-0.2, -0.15) is 5.10 Å². The molecule has 0 saturated heterocycles. The maximum absolute atomic E-state index is 5.32. The molecular weight excluding hydrogens is 330 g/mol. The van der Waals surface area contributed by atoms with E-state index in [0.717, 1.165) is 35.3 Å². The van der Waals surface area contributed by atoms with Crippen molar-refractivity contribution in [3.63, 3.8) is 0 Å². The third-order valence-corrected chi connectivity index (χ3v) is 4.18. The molecule has 0 radical (unpaired) electrons. The van der Waals surface area contributed by atoms with Crippen molar-refractivity contribution in [2.24, 2.45) is 7.05 Å². The van der Waals surface area contributed by atoms with Crippen molar-refractivity contribution in [2.45, 2.75) is 25.8 Å². The van der Waals surface area contributed by atoms with Crippen molar-refractivity contribution in [1.82, 2.24) is 15.1 Å². The minimum absolute atomic E-state index is 0.203. The lowest BCUT2D eigenvalue weighted by molar-refractivity contribution is 0.413. The molecule has 0 spiro atoms. The van der Waals surface area contributed by atoms with Crippen LogP contribution in [0.4, 0.5) is 0 Å². The molecule has 1 heterocycles. The topological polar surface area (TPSA) is 39.1 Å². The molecule has 4 nitrogen and oxygen atoms in total. The highest BCUT2D eigenvalue weighted by atomic mass is 79.9. The molecule has 0 aliphatic carbocycles. The van der Waals surface area contributed by atoms with Crippen LogP contribution in [0.2, 0.25) is 0 Å². The smallest absolute Gasteiger partial charge is 0.119 e. The molecule has 1 aromatic heterocycles. The molecule has 114 valence electrons. The molecule has 21 heavy (non-hydrogen) atoms. The van der Waals surface area contributed by atoms with Gasteiger partial charge < -0.3 is 10.1 Å². The van der Waals surface area contributed by atoms with Crippen LogP contribution in [0.5, 0.6) is 5.75 Å². The van der Waals surface area contributed by atoms with Crippen molar-refractivity contribution in [3.8, 4) is 5.75 Å². The minimum atomic E-state index is 0.203. The quantitative estimate of drug-likeness (QED) is 0.829. The molecule has 1 N–H and O–H groups in total. The van der Waals surface area contributed by atoms with Gasteiger partial charge in [-0.05, 0) is 49.2 Å². The summed E-state index contributed by atoms with van der Waals surface area (Å²) in [6, 6.07) is 8.34. The second-order valence-electron chi connectivity index (χ2n) is 5.08. The first-order valence-electron chi connectivity index (χ1n) is 7.19. The van der Waals surface area contributed by atoms with E-state index in [1.54, 1.807) is 7.11 Å². The molecule has 5 heteroatoms. The summed E-state index contributed by atoms with van der Waals surface area (Å²) >= 11 is 3.63. The predicted octanol–water partition coefficient (Wildman–Crippen LogP) is 3.47. The Morgan fingerprint density at radius 3 is 2.81 bits per heavy atom. The Hall–Kier alpha value is -1.33. The average Bonchev–Trinajstić information content (AvgIpc) is 2.91. The zero-order chi connectivity index (χ0) is 15.2. The predicted molar refractivity (Wildman–Crippen MR) is 88.6 cm³/mol. The minimum Gasteiger partial charge on any atom is -0.497 e. The number of ether oxygens (including phenoxy) is 1. The number of rotatable bonds is 7. The van der Waals surface area contributed by atoms with E-state index in [1.165, 1.54) is 5.56 Å². The summed E-state index contributed by atoms with van der Waals surface area (Å²) in [7, 11) is 3.64. The Morgan fingerprint density at radius 1 is 1.38 bits per heavy atom. The van der Waals surface area contributed by atoms with Gasteiger partial charge in [0, 0.05) is 17.7 Å². The van der Waals surface area contributed by atoms with Gasteiger partial charge in [0.15, 0.2) is 0 Å². The van der Waals surface area contributed by atoms with Crippen LogP contribution in [0, 0.1) is 0 Å². The SMILES string of the molecule is CCCNC(Cc1cc(OC)ccc1Br)c1ccn(C)n1. The maximum Gasteiger partial charge on any atom is 0.119 e. The van der Waals surface area contributed by atoms with E-state index in [0.29, 0.717) is 0 Å². The standard InChI is InChI=1S/C16H22BrN3O/c1-4-8-18-16(15-7-9-20(2)19-15)11-12-10-13(21-3)5-6-14(12)17/h5-7,9-10,16,18H,4,8,11H2,1-3H3. The Balaban J connectivity index is 2.22. The average molecular weight is 352 g/mol. The Kier molecular flexibility index (Phi) is 5.82. The van der Waals surface area contributed by atoms with Crippen LogP contribution < -0.4 is 10.1 Å². The van der Waals surface area contributed by atoms with Crippen molar-refractivity contribution in [1.29, 1.82) is 0 Å². The number of nitrogens with one attached hydrogen (secondary N) is 1. The highest BCUT2D eigenvalue weighted by molar-refractivity contribution is 9.10. The third-order valence-electron chi connectivity index (χ3n) is 3.41. The second-order valence-corrected chi connectivity index (χ2v) is 5.94. The van der Waals surface area contributed by atoms with Crippen molar-refractivity contribution in [2.75, 3.05) is 13.7 Å². The molecule has 0 aliphatic heterocycles. The summed E-state index contributed by atoms with van der Waals surface area (Å²) in [6.45, 7) is 3.15. The van der Waals surface area contributed by atoms with E-state index in [2.05, 4.69) is 45.4 Å². The third kappa shape index (κ3) is 4.32. The number of hydrogen-bond donors (Lipinski definition) is 1. The molecule has 1 atom stereocenters. The van der Waals surface area contributed by atoms with Gasteiger partial charge >= 0.3 is 0 Å². The van der Waals surface area contributed by atoms with Gasteiger partial charge in [-0.1, -0.05) is 22.9 Å². The van der Waals surface area contributed by atoms with E-state index >= 15 is 0 Å². The summed E-state index contributed by atoms with van der Waals surface area (Å²) < 4.78 is 8.26. The van der Waals surface area contributed by atoms with Crippen LogP contribution in [-0.2, 0) is 13.5 Å². The van der Waals surface area contributed by atoms with Gasteiger partial charge in [-0.25, -0.2) is 0 Å². The fourth-order valence-corrected chi connectivity index (χ4v) is 2.68. The Morgan fingerprint density at radius 2 is 2.19 bits per heavy atom. The van der Waals surface area contributed by atoms with Gasteiger partial charge in [0.25, 0.3) is 0 Å². The molecule has 0 fully saturated rings. The highest BCUT2D eigenvalue weighted by Gasteiger charge is 2.16. The van der Waals surface area contributed by atoms with E-state index < -0.39 is 0 Å². The Labute approximate surface area is 134 Å².